The molecule has 1 aliphatic rings. The Morgan fingerprint density at radius 2 is 1.52 bits per heavy atom. The van der Waals surface area contributed by atoms with Gasteiger partial charge in [-0.25, -0.2) is 13.2 Å². The lowest BCUT2D eigenvalue weighted by molar-refractivity contribution is -0.142. The highest BCUT2D eigenvalue weighted by molar-refractivity contribution is 6.30. The molecule has 0 spiro atoms. The molecular weight excluding hydrogens is 594 g/mol. The van der Waals surface area contributed by atoms with Gasteiger partial charge in [0.1, 0.15) is 11.7 Å². The van der Waals surface area contributed by atoms with Crippen molar-refractivity contribution >= 4 is 23.3 Å². The maximum absolute atomic E-state index is 14.9. The molecule has 0 aromatic heterocycles. The summed E-state index contributed by atoms with van der Waals surface area (Å²) in [7, 11) is 0. The predicted octanol–water partition coefficient (Wildman–Crippen LogP) is 9.34. The quantitative estimate of drug-likeness (QED) is 0.336. The molecule has 1 unspecified atom stereocenters. The molecule has 1 atom stereocenters. The summed E-state index contributed by atoms with van der Waals surface area (Å²) in [4.78, 5) is 12.5. The molecule has 2 aromatic rings. The fourth-order valence-corrected chi connectivity index (χ4v) is 4.39. The molecule has 15 heteroatoms. The minimum Gasteiger partial charge on any atom is -0.349 e. The monoisotopic (exact) mass is 611 g/mol. The van der Waals surface area contributed by atoms with Crippen LogP contribution in [0.2, 0.25) is 5.02 Å². The van der Waals surface area contributed by atoms with E-state index in [1.807, 2.05) is 0 Å². The first-order valence-electron chi connectivity index (χ1n) is 11.4. The van der Waals surface area contributed by atoms with Crippen molar-refractivity contribution in [3.8, 4) is 0 Å². The van der Waals surface area contributed by atoms with Crippen molar-refractivity contribution in [1.82, 2.24) is 5.32 Å². The normalized spacial score (nSPS) is 18.0. The average Bonchev–Trinajstić information content (AvgIpc) is 2.81. The molecule has 3 rings (SSSR count). The van der Waals surface area contributed by atoms with E-state index in [1.54, 1.807) is 0 Å². The molecule has 2 nitrogen and oxygen atoms in total. The molecule has 1 saturated carbocycles. The van der Waals surface area contributed by atoms with Crippen LogP contribution in [-0.4, -0.2) is 24.0 Å². The van der Waals surface area contributed by atoms with E-state index in [4.69, 9.17) is 11.6 Å². The first-order valence-corrected chi connectivity index (χ1v) is 11.8. The SMILES string of the molecule is O=C(NC1CCC(F)(F)CC1)c1ccc(/C(F)=C/C(c2cc(Cl)cc(C(F)(F)F)c2)C(F)(F)F)cc1C(F)(F)F. The van der Waals surface area contributed by atoms with Crippen LogP contribution in [0.1, 0.15) is 64.2 Å². The molecule has 1 amide bonds. The maximum atomic E-state index is 14.9. The number of rotatable bonds is 5. The zero-order valence-corrected chi connectivity index (χ0v) is 20.6. The lowest BCUT2D eigenvalue weighted by atomic mass is 9.91. The van der Waals surface area contributed by atoms with Crippen LogP contribution in [0, 0.1) is 0 Å². The fraction of sp³-hybridized carbons (Fsp3) is 0.400. The third kappa shape index (κ3) is 7.85. The number of amides is 1. The van der Waals surface area contributed by atoms with Crippen LogP contribution in [0.15, 0.2) is 42.5 Å². The second kappa shape index (κ2) is 11.2. The highest BCUT2D eigenvalue weighted by Gasteiger charge is 2.42. The number of carbonyl (C=O) groups excluding carboxylic acids is 1. The van der Waals surface area contributed by atoms with Crippen LogP contribution in [0.25, 0.3) is 5.83 Å². The van der Waals surface area contributed by atoms with Crippen molar-refractivity contribution in [2.45, 2.75) is 62.1 Å². The first-order chi connectivity index (χ1) is 18.2. The molecule has 0 saturated heterocycles. The number of nitrogens with one attached hydrogen (secondary N) is 1. The fourth-order valence-electron chi connectivity index (χ4n) is 4.15. The van der Waals surface area contributed by atoms with Crippen molar-refractivity contribution in [1.29, 1.82) is 0 Å². The van der Waals surface area contributed by atoms with Gasteiger partial charge in [0.05, 0.1) is 16.7 Å². The van der Waals surface area contributed by atoms with Gasteiger partial charge in [0.15, 0.2) is 0 Å². The highest BCUT2D eigenvalue weighted by atomic mass is 35.5. The Kier molecular flexibility index (Phi) is 8.83. The van der Waals surface area contributed by atoms with Gasteiger partial charge in [0, 0.05) is 29.5 Å². The smallest absolute Gasteiger partial charge is 0.349 e. The van der Waals surface area contributed by atoms with Crippen LogP contribution >= 0.6 is 11.6 Å². The van der Waals surface area contributed by atoms with E-state index in [0.29, 0.717) is 24.3 Å². The molecule has 220 valence electrons. The van der Waals surface area contributed by atoms with Crippen LogP contribution in [0.5, 0.6) is 0 Å². The van der Waals surface area contributed by atoms with Crippen molar-refractivity contribution < 1.29 is 57.5 Å². The third-order valence-corrected chi connectivity index (χ3v) is 6.39. The molecule has 0 radical (unpaired) electrons. The summed E-state index contributed by atoms with van der Waals surface area (Å²) in [6.07, 6.45) is -17.6. The first kappa shape index (κ1) is 31.6. The van der Waals surface area contributed by atoms with Gasteiger partial charge < -0.3 is 5.32 Å². The van der Waals surface area contributed by atoms with Gasteiger partial charge in [-0.15, -0.1) is 0 Å². The Balaban J connectivity index is 1.99. The van der Waals surface area contributed by atoms with E-state index < -0.39 is 93.8 Å². The number of halogens is 13. The summed E-state index contributed by atoms with van der Waals surface area (Å²) in [6, 6.07) is 1.23. The number of hydrogen-bond donors (Lipinski definition) is 1. The van der Waals surface area contributed by atoms with Crippen LogP contribution < -0.4 is 5.32 Å². The molecule has 1 N–H and O–H groups in total. The summed E-state index contributed by atoms with van der Waals surface area (Å²) in [5, 5.41) is 1.45. The molecule has 0 aliphatic heterocycles. The summed E-state index contributed by atoms with van der Waals surface area (Å²) >= 11 is 5.52. The summed E-state index contributed by atoms with van der Waals surface area (Å²) < 4.78 is 163. The number of alkyl halides is 11. The summed E-state index contributed by atoms with van der Waals surface area (Å²) in [5.74, 6) is -9.19. The number of hydrogen-bond acceptors (Lipinski definition) is 1. The van der Waals surface area contributed by atoms with Gasteiger partial charge in [0.25, 0.3) is 5.91 Å². The molecule has 0 heterocycles. The van der Waals surface area contributed by atoms with Gasteiger partial charge in [-0.05, 0) is 54.8 Å². The van der Waals surface area contributed by atoms with Gasteiger partial charge in [0.2, 0.25) is 5.92 Å². The lowest BCUT2D eigenvalue weighted by Gasteiger charge is -2.29. The van der Waals surface area contributed by atoms with Crippen molar-refractivity contribution in [2.24, 2.45) is 0 Å². The van der Waals surface area contributed by atoms with Crippen LogP contribution in [0.3, 0.4) is 0 Å². The zero-order chi connectivity index (χ0) is 30.3. The number of benzene rings is 2. The Morgan fingerprint density at radius 3 is 2.05 bits per heavy atom. The average molecular weight is 612 g/mol. The lowest BCUT2D eigenvalue weighted by Crippen LogP contribution is -2.40. The Morgan fingerprint density at radius 1 is 0.925 bits per heavy atom. The van der Waals surface area contributed by atoms with Gasteiger partial charge in [-0.1, -0.05) is 17.7 Å². The second-order valence-corrected chi connectivity index (χ2v) is 9.60. The molecule has 0 bridgehead atoms. The third-order valence-electron chi connectivity index (χ3n) is 6.17. The van der Waals surface area contributed by atoms with Crippen molar-refractivity contribution in [2.75, 3.05) is 0 Å². The van der Waals surface area contributed by atoms with E-state index in [-0.39, 0.29) is 31.1 Å². The van der Waals surface area contributed by atoms with Crippen LogP contribution in [0.4, 0.5) is 52.7 Å². The largest absolute Gasteiger partial charge is 0.417 e. The second-order valence-electron chi connectivity index (χ2n) is 9.17. The van der Waals surface area contributed by atoms with Crippen LogP contribution in [-0.2, 0) is 12.4 Å². The molecule has 1 aliphatic carbocycles. The molecule has 2 aromatic carbocycles. The van der Waals surface area contributed by atoms with E-state index in [0.717, 1.165) is 0 Å². The van der Waals surface area contributed by atoms with E-state index in [2.05, 4.69) is 5.32 Å². The minimum absolute atomic E-state index is 0.0717. The van der Waals surface area contributed by atoms with E-state index >= 15 is 0 Å². The van der Waals surface area contributed by atoms with E-state index in [9.17, 15) is 57.5 Å². The topological polar surface area (TPSA) is 29.1 Å². The maximum Gasteiger partial charge on any atom is 0.417 e. The Bertz CT molecular complexity index is 1270. The predicted molar refractivity (Wildman–Crippen MR) is 120 cm³/mol. The van der Waals surface area contributed by atoms with Crippen molar-refractivity contribution in [3.05, 3.63) is 75.3 Å². The molecular formula is C25H18ClF12NO. The summed E-state index contributed by atoms with van der Waals surface area (Å²) in [5.41, 5.74) is -6.48. The van der Waals surface area contributed by atoms with Gasteiger partial charge in [-0.3, -0.25) is 4.79 Å². The van der Waals surface area contributed by atoms with Crippen molar-refractivity contribution in [3.63, 3.8) is 0 Å². The minimum atomic E-state index is -5.38. The number of carbonyl (C=O) groups is 1. The molecule has 40 heavy (non-hydrogen) atoms. The van der Waals surface area contributed by atoms with E-state index in [1.165, 1.54) is 0 Å². The number of allylic oxidation sites excluding steroid dienone is 1. The Hall–Kier alpha value is -2.90. The highest BCUT2D eigenvalue weighted by Crippen LogP contribution is 2.42. The zero-order valence-electron chi connectivity index (χ0n) is 19.8. The molecule has 1 fully saturated rings. The summed E-state index contributed by atoms with van der Waals surface area (Å²) in [6.45, 7) is 0. The standard InChI is InChI=1S/C25H18ClF12NO/c26-15-8-13(7-14(10-15)23(30,31)32)18(24(33,34)35)11-20(27)12-1-2-17(19(9-12)25(36,37)38)21(40)39-16-3-5-22(28,29)6-4-16/h1-2,7-11,16,18H,3-6H2,(H,39,40)/b20-11-. The Labute approximate surface area is 224 Å². The van der Waals surface area contributed by atoms with Gasteiger partial charge in [-0.2, -0.15) is 39.5 Å². The van der Waals surface area contributed by atoms with Gasteiger partial charge >= 0.3 is 18.5 Å².